The van der Waals surface area contributed by atoms with Crippen LogP contribution in [0.1, 0.15) is 18.7 Å². The highest BCUT2D eigenvalue weighted by Gasteiger charge is 2.33. The van der Waals surface area contributed by atoms with Crippen LogP contribution in [0.25, 0.3) is 11.4 Å². The largest absolute Gasteiger partial charge is 0.339 e. The highest BCUT2D eigenvalue weighted by Crippen LogP contribution is 2.31. The van der Waals surface area contributed by atoms with Gasteiger partial charge < -0.3 is 9.84 Å². The molecule has 1 aliphatic rings. The lowest BCUT2D eigenvalue weighted by molar-refractivity contribution is -0.120. The molecule has 0 bridgehead atoms. The second-order valence-corrected chi connectivity index (χ2v) is 10.2. The fourth-order valence-electron chi connectivity index (χ4n) is 3.60. The molecule has 1 saturated heterocycles. The summed E-state index contributed by atoms with van der Waals surface area (Å²) in [6.45, 7) is 2.10. The van der Waals surface area contributed by atoms with Crippen molar-refractivity contribution < 1.29 is 17.7 Å². The third-order valence-electron chi connectivity index (χ3n) is 5.29. The molecule has 1 fully saturated rings. The number of carbonyl (C=O) groups excluding carboxylic acids is 1. The SMILES string of the molecule is Cc1nc(-c2ccccc2NC(=O)C2CCN(S(=O)(=O)c3cc(Cl)ccc3Cl)CC2)no1. The van der Waals surface area contributed by atoms with Gasteiger partial charge in [0.1, 0.15) is 4.90 Å². The number of piperidine rings is 1. The zero-order valence-corrected chi connectivity index (χ0v) is 19.4. The van der Waals surface area contributed by atoms with Crippen molar-refractivity contribution in [2.45, 2.75) is 24.7 Å². The summed E-state index contributed by atoms with van der Waals surface area (Å²) in [7, 11) is -3.81. The van der Waals surface area contributed by atoms with Crippen LogP contribution in [0.4, 0.5) is 5.69 Å². The molecule has 1 amide bonds. The van der Waals surface area contributed by atoms with Crippen molar-refractivity contribution in [1.29, 1.82) is 0 Å². The Morgan fingerprint density at radius 2 is 1.88 bits per heavy atom. The van der Waals surface area contributed by atoms with Gasteiger partial charge in [-0.2, -0.15) is 9.29 Å². The van der Waals surface area contributed by atoms with Crippen LogP contribution in [-0.2, 0) is 14.8 Å². The van der Waals surface area contributed by atoms with Gasteiger partial charge in [0, 0.05) is 36.5 Å². The standard InChI is InChI=1S/C21H20Cl2N4O4S/c1-13-24-20(26-31-13)16-4-2-3-5-18(16)25-21(28)14-8-10-27(11-9-14)32(29,30)19-12-15(22)6-7-17(19)23/h2-7,12,14H,8-11H2,1H3,(H,25,28). The van der Waals surface area contributed by atoms with E-state index >= 15 is 0 Å². The number of sulfonamides is 1. The summed E-state index contributed by atoms with van der Waals surface area (Å²) in [5.74, 6) is 0.291. The minimum absolute atomic E-state index is 0.0288. The molecule has 2 heterocycles. The second kappa shape index (κ2) is 9.19. The first-order valence-corrected chi connectivity index (χ1v) is 12.1. The highest BCUT2D eigenvalue weighted by atomic mass is 35.5. The predicted molar refractivity (Wildman–Crippen MR) is 121 cm³/mol. The fraction of sp³-hybridized carbons (Fsp3) is 0.286. The Morgan fingerprint density at radius 1 is 1.16 bits per heavy atom. The maximum Gasteiger partial charge on any atom is 0.244 e. The quantitative estimate of drug-likeness (QED) is 0.563. The monoisotopic (exact) mass is 494 g/mol. The zero-order chi connectivity index (χ0) is 22.9. The number of para-hydroxylation sites is 1. The number of benzene rings is 2. The molecule has 168 valence electrons. The normalized spacial score (nSPS) is 15.6. The van der Waals surface area contributed by atoms with Gasteiger partial charge in [-0.15, -0.1) is 0 Å². The topological polar surface area (TPSA) is 105 Å². The van der Waals surface area contributed by atoms with E-state index in [1.165, 1.54) is 22.5 Å². The number of nitrogens with zero attached hydrogens (tertiary/aromatic N) is 3. The molecule has 0 saturated carbocycles. The van der Waals surface area contributed by atoms with Gasteiger partial charge >= 0.3 is 0 Å². The first-order chi connectivity index (χ1) is 15.3. The van der Waals surface area contributed by atoms with E-state index in [1.807, 2.05) is 6.07 Å². The van der Waals surface area contributed by atoms with Gasteiger partial charge in [0.15, 0.2) is 0 Å². The Morgan fingerprint density at radius 3 is 2.56 bits per heavy atom. The lowest BCUT2D eigenvalue weighted by Crippen LogP contribution is -2.41. The average Bonchev–Trinajstić information content (AvgIpc) is 3.22. The molecular formula is C21H20Cl2N4O4S. The second-order valence-electron chi connectivity index (χ2n) is 7.42. The summed E-state index contributed by atoms with van der Waals surface area (Å²) in [6.07, 6.45) is 0.763. The fourth-order valence-corrected chi connectivity index (χ4v) is 5.81. The Bertz CT molecular complexity index is 1250. The molecule has 1 N–H and O–H groups in total. The van der Waals surface area contributed by atoms with Crippen LogP contribution in [0.2, 0.25) is 10.0 Å². The molecule has 3 aromatic rings. The first kappa shape index (κ1) is 22.7. The minimum atomic E-state index is -3.81. The van der Waals surface area contributed by atoms with Crippen molar-refractivity contribution in [3.8, 4) is 11.4 Å². The first-order valence-electron chi connectivity index (χ1n) is 9.91. The molecule has 4 rings (SSSR count). The van der Waals surface area contributed by atoms with E-state index in [-0.39, 0.29) is 39.9 Å². The maximum atomic E-state index is 13.0. The van der Waals surface area contributed by atoms with E-state index in [9.17, 15) is 13.2 Å². The van der Waals surface area contributed by atoms with Gasteiger partial charge in [-0.1, -0.05) is 40.5 Å². The maximum absolute atomic E-state index is 13.0. The van der Waals surface area contributed by atoms with Crippen molar-refractivity contribution in [2.24, 2.45) is 5.92 Å². The van der Waals surface area contributed by atoms with E-state index in [4.69, 9.17) is 27.7 Å². The Labute approximate surface area is 195 Å². The molecular weight excluding hydrogens is 475 g/mol. The summed E-state index contributed by atoms with van der Waals surface area (Å²) in [5, 5.41) is 7.24. The number of aromatic nitrogens is 2. The summed E-state index contributed by atoms with van der Waals surface area (Å²) >= 11 is 12.0. The Balaban J connectivity index is 1.44. The molecule has 0 atom stereocenters. The van der Waals surface area contributed by atoms with Crippen molar-refractivity contribution in [3.63, 3.8) is 0 Å². The van der Waals surface area contributed by atoms with E-state index in [0.29, 0.717) is 35.8 Å². The van der Waals surface area contributed by atoms with Gasteiger partial charge in [-0.25, -0.2) is 8.42 Å². The Hall–Kier alpha value is -2.46. The number of hydrogen-bond donors (Lipinski definition) is 1. The zero-order valence-electron chi connectivity index (χ0n) is 17.1. The predicted octanol–water partition coefficient (Wildman–Crippen LogP) is 4.39. The highest BCUT2D eigenvalue weighted by molar-refractivity contribution is 7.89. The summed E-state index contributed by atoms with van der Waals surface area (Å²) in [5.41, 5.74) is 1.22. The molecule has 1 aromatic heterocycles. The molecule has 32 heavy (non-hydrogen) atoms. The Kier molecular flexibility index (Phi) is 6.52. The molecule has 2 aromatic carbocycles. The van der Waals surface area contributed by atoms with Gasteiger partial charge in [0.2, 0.25) is 27.6 Å². The van der Waals surface area contributed by atoms with Gasteiger partial charge in [-0.3, -0.25) is 4.79 Å². The molecule has 1 aliphatic heterocycles. The molecule has 0 unspecified atom stereocenters. The van der Waals surface area contributed by atoms with Crippen molar-refractivity contribution >= 4 is 44.8 Å². The molecule has 0 spiro atoms. The van der Waals surface area contributed by atoms with Gasteiger partial charge in [-0.05, 0) is 43.2 Å². The number of rotatable bonds is 5. The van der Waals surface area contributed by atoms with Crippen LogP contribution in [0.5, 0.6) is 0 Å². The lowest BCUT2D eigenvalue weighted by Gasteiger charge is -2.30. The van der Waals surface area contributed by atoms with Crippen molar-refractivity contribution in [1.82, 2.24) is 14.4 Å². The third kappa shape index (κ3) is 4.66. The molecule has 8 nitrogen and oxygen atoms in total. The molecule has 11 heteroatoms. The van der Waals surface area contributed by atoms with Crippen LogP contribution in [0.3, 0.4) is 0 Å². The number of aryl methyl sites for hydroxylation is 1. The van der Waals surface area contributed by atoms with Crippen LogP contribution >= 0.6 is 23.2 Å². The van der Waals surface area contributed by atoms with Crippen LogP contribution < -0.4 is 5.32 Å². The van der Waals surface area contributed by atoms with Crippen molar-refractivity contribution in [2.75, 3.05) is 18.4 Å². The van der Waals surface area contributed by atoms with Crippen LogP contribution in [0, 0.1) is 12.8 Å². The van der Waals surface area contributed by atoms with E-state index in [0.717, 1.165) is 0 Å². The lowest BCUT2D eigenvalue weighted by atomic mass is 9.97. The number of hydrogen-bond acceptors (Lipinski definition) is 6. The van der Waals surface area contributed by atoms with E-state index < -0.39 is 10.0 Å². The summed E-state index contributed by atoms with van der Waals surface area (Å²) in [6, 6.07) is 11.5. The summed E-state index contributed by atoms with van der Waals surface area (Å²) in [4.78, 5) is 17.1. The van der Waals surface area contributed by atoms with Crippen LogP contribution in [0.15, 0.2) is 51.9 Å². The average molecular weight is 495 g/mol. The number of nitrogens with one attached hydrogen (secondary N) is 1. The van der Waals surface area contributed by atoms with Crippen molar-refractivity contribution in [3.05, 3.63) is 58.4 Å². The van der Waals surface area contributed by atoms with E-state index in [2.05, 4.69) is 15.5 Å². The molecule has 0 radical (unpaired) electrons. The van der Waals surface area contributed by atoms with E-state index in [1.54, 1.807) is 25.1 Å². The number of halogens is 2. The third-order valence-corrected chi connectivity index (χ3v) is 7.90. The smallest absolute Gasteiger partial charge is 0.244 e. The van der Waals surface area contributed by atoms with Gasteiger partial charge in [0.25, 0.3) is 0 Å². The molecule has 0 aliphatic carbocycles. The number of anilines is 1. The number of amides is 1. The minimum Gasteiger partial charge on any atom is -0.339 e. The van der Waals surface area contributed by atoms with Crippen LogP contribution in [-0.4, -0.2) is 41.9 Å². The van der Waals surface area contributed by atoms with Gasteiger partial charge in [0.05, 0.1) is 10.7 Å². The number of carbonyl (C=O) groups is 1. The summed E-state index contributed by atoms with van der Waals surface area (Å²) < 4.78 is 32.4.